The highest BCUT2D eigenvalue weighted by atomic mass is 32.2. The van der Waals surface area contributed by atoms with E-state index in [2.05, 4.69) is 29.0 Å². The molecule has 1 aromatic rings. The highest BCUT2D eigenvalue weighted by Gasteiger charge is 2.21. The van der Waals surface area contributed by atoms with Gasteiger partial charge in [-0.15, -0.1) is 11.8 Å². The molecule has 4 nitrogen and oxygen atoms in total. The summed E-state index contributed by atoms with van der Waals surface area (Å²) in [7, 11) is 0. The van der Waals surface area contributed by atoms with E-state index in [0.29, 0.717) is 17.7 Å². The van der Waals surface area contributed by atoms with Gasteiger partial charge in [-0.1, -0.05) is 0 Å². The van der Waals surface area contributed by atoms with Crippen LogP contribution in [0.15, 0.2) is 24.5 Å². The molecule has 1 aliphatic rings. The van der Waals surface area contributed by atoms with Crippen LogP contribution in [-0.4, -0.2) is 47.2 Å². The summed E-state index contributed by atoms with van der Waals surface area (Å²) >= 11 is 1.66. The van der Waals surface area contributed by atoms with Gasteiger partial charge in [0.1, 0.15) is 0 Å². The minimum absolute atomic E-state index is 0.153. The summed E-state index contributed by atoms with van der Waals surface area (Å²) in [5.74, 6) is 2.15. The first-order valence-electron chi connectivity index (χ1n) is 8.12. The van der Waals surface area contributed by atoms with E-state index in [-0.39, 0.29) is 5.91 Å². The number of carbonyl (C=O) groups excluding carboxylic acids is 1. The fraction of sp³-hybridized carbons (Fsp3) is 0.647. The molecule has 0 saturated carbocycles. The Kier molecular flexibility index (Phi) is 7.19. The van der Waals surface area contributed by atoms with Gasteiger partial charge in [-0.3, -0.25) is 9.78 Å². The van der Waals surface area contributed by atoms with Gasteiger partial charge in [0.05, 0.1) is 5.75 Å². The monoisotopic (exact) mass is 321 g/mol. The fourth-order valence-electron chi connectivity index (χ4n) is 2.78. The first-order valence-corrected chi connectivity index (χ1v) is 9.28. The van der Waals surface area contributed by atoms with Crippen molar-refractivity contribution in [1.82, 2.24) is 15.2 Å². The fourth-order valence-corrected chi connectivity index (χ4v) is 3.60. The molecule has 2 rings (SSSR count). The molecule has 1 aromatic heterocycles. The Morgan fingerprint density at radius 3 is 2.95 bits per heavy atom. The third kappa shape index (κ3) is 5.97. The zero-order valence-corrected chi connectivity index (χ0v) is 14.4. The summed E-state index contributed by atoms with van der Waals surface area (Å²) in [6.07, 6.45) is 6.06. The molecule has 0 aromatic carbocycles. The van der Waals surface area contributed by atoms with E-state index >= 15 is 0 Å². The molecular weight excluding hydrogens is 294 g/mol. The number of likely N-dealkylation sites (tertiary alicyclic amines) is 1. The summed E-state index contributed by atoms with van der Waals surface area (Å²) in [5.41, 5.74) is 1.22. The molecule has 1 aliphatic heterocycles. The predicted molar refractivity (Wildman–Crippen MR) is 92.8 cm³/mol. The van der Waals surface area contributed by atoms with Gasteiger partial charge in [0.25, 0.3) is 0 Å². The average Bonchev–Trinajstić information content (AvgIpc) is 2.54. The lowest BCUT2D eigenvalue weighted by Crippen LogP contribution is -2.44. The van der Waals surface area contributed by atoms with Crippen LogP contribution in [0, 0.1) is 5.92 Å². The lowest BCUT2D eigenvalue weighted by Gasteiger charge is -2.35. The van der Waals surface area contributed by atoms with Gasteiger partial charge < -0.3 is 10.2 Å². The van der Waals surface area contributed by atoms with Crippen LogP contribution < -0.4 is 5.32 Å². The maximum absolute atomic E-state index is 11.9. The Hall–Kier alpha value is -1.07. The number of rotatable bonds is 7. The van der Waals surface area contributed by atoms with Gasteiger partial charge in [-0.25, -0.2) is 0 Å². The number of aromatic nitrogens is 1. The number of hydrogen-bond donors (Lipinski definition) is 1. The highest BCUT2D eigenvalue weighted by molar-refractivity contribution is 7.99. The van der Waals surface area contributed by atoms with Crippen LogP contribution in [-0.2, 0) is 10.5 Å². The number of thioether (sulfide) groups is 1. The van der Waals surface area contributed by atoms with E-state index in [1.807, 2.05) is 12.1 Å². The Labute approximate surface area is 138 Å². The van der Waals surface area contributed by atoms with Crippen molar-refractivity contribution in [2.24, 2.45) is 5.92 Å². The van der Waals surface area contributed by atoms with Crippen LogP contribution in [0.2, 0.25) is 0 Å². The minimum atomic E-state index is 0.153. The molecule has 0 unspecified atom stereocenters. The molecule has 2 heterocycles. The second-order valence-electron chi connectivity index (χ2n) is 6.25. The van der Waals surface area contributed by atoms with Crippen LogP contribution in [0.25, 0.3) is 0 Å². The molecule has 1 saturated heterocycles. The number of carbonyl (C=O) groups is 1. The third-order valence-corrected chi connectivity index (χ3v) is 5.12. The third-order valence-electron chi connectivity index (χ3n) is 4.12. The topological polar surface area (TPSA) is 45.2 Å². The van der Waals surface area contributed by atoms with Crippen LogP contribution in [0.5, 0.6) is 0 Å². The highest BCUT2D eigenvalue weighted by Crippen LogP contribution is 2.17. The number of amides is 1. The van der Waals surface area contributed by atoms with E-state index in [0.717, 1.165) is 18.8 Å². The van der Waals surface area contributed by atoms with Gasteiger partial charge in [0.15, 0.2) is 0 Å². The van der Waals surface area contributed by atoms with Crippen molar-refractivity contribution in [2.75, 3.05) is 25.4 Å². The summed E-state index contributed by atoms with van der Waals surface area (Å²) in [5, 5.41) is 3.10. The molecule has 0 spiro atoms. The number of nitrogens with zero attached hydrogens (tertiary/aromatic N) is 2. The van der Waals surface area contributed by atoms with E-state index in [1.165, 1.54) is 24.9 Å². The van der Waals surface area contributed by atoms with Crippen molar-refractivity contribution in [2.45, 2.75) is 38.5 Å². The summed E-state index contributed by atoms with van der Waals surface area (Å²) in [6, 6.07) is 4.59. The van der Waals surface area contributed by atoms with Crippen molar-refractivity contribution in [3.05, 3.63) is 30.1 Å². The van der Waals surface area contributed by atoms with Crippen molar-refractivity contribution >= 4 is 17.7 Å². The Morgan fingerprint density at radius 1 is 1.45 bits per heavy atom. The Balaban J connectivity index is 1.61. The largest absolute Gasteiger partial charge is 0.355 e. The first-order chi connectivity index (χ1) is 10.6. The van der Waals surface area contributed by atoms with Gasteiger partial charge >= 0.3 is 0 Å². The minimum Gasteiger partial charge on any atom is -0.355 e. The molecular formula is C17H27N3OS. The number of hydrogen-bond acceptors (Lipinski definition) is 4. The van der Waals surface area contributed by atoms with E-state index < -0.39 is 0 Å². The second kappa shape index (κ2) is 9.16. The smallest absolute Gasteiger partial charge is 0.230 e. The molecule has 0 aliphatic carbocycles. The molecule has 122 valence electrons. The Bertz CT molecular complexity index is 452. The molecule has 1 amide bonds. The van der Waals surface area contributed by atoms with Gasteiger partial charge in [-0.2, -0.15) is 0 Å². The number of piperidine rings is 1. The molecule has 1 fully saturated rings. The van der Waals surface area contributed by atoms with Crippen LogP contribution in [0.1, 0.15) is 32.3 Å². The molecule has 0 radical (unpaired) electrons. The molecule has 22 heavy (non-hydrogen) atoms. The Morgan fingerprint density at radius 2 is 2.23 bits per heavy atom. The van der Waals surface area contributed by atoms with E-state index in [9.17, 15) is 4.79 Å². The zero-order valence-electron chi connectivity index (χ0n) is 13.6. The number of pyridine rings is 1. The zero-order chi connectivity index (χ0) is 15.8. The van der Waals surface area contributed by atoms with Crippen molar-refractivity contribution in [3.8, 4) is 0 Å². The predicted octanol–water partition coefficient (Wildman–Crippen LogP) is 2.55. The molecule has 0 bridgehead atoms. The maximum Gasteiger partial charge on any atom is 0.230 e. The van der Waals surface area contributed by atoms with Crippen LogP contribution in [0.4, 0.5) is 0 Å². The van der Waals surface area contributed by atoms with E-state index in [4.69, 9.17) is 0 Å². The summed E-state index contributed by atoms with van der Waals surface area (Å²) < 4.78 is 0. The van der Waals surface area contributed by atoms with E-state index in [1.54, 1.807) is 24.2 Å². The molecule has 1 atom stereocenters. The number of nitrogens with one attached hydrogen (secondary N) is 1. The normalized spacial score (nSPS) is 19.3. The lowest BCUT2D eigenvalue weighted by molar-refractivity contribution is -0.118. The molecule has 5 heteroatoms. The standard InChI is InChI=1S/C17H27N3OS/c1-14(2)20-9-3-4-16(11-20)10-19-17(21)13-22-12-15-5-7-18-8-6-15/h5-8,14,16H,3-4,9-13H2,1-2H3,(H,19,21)/t16-/m0/s1. The van der Waals surface area contributed by atoms with Crippen LogP contribution >= 0.6 is 11.8 Å². The van der Waals surface area contributed by atoms with Gasteiger partial charge in [0, 0.05) is 37.3 Å². The van der Waals surface area contributed by atoms with Crippen molar-refractivity contribution in [1.29, 1.82) is 0 Å². The van der Waals surface area contributed by atoms with Crippen LogP contribution in [0.3, 0.4) is 0 Å². The first kappa shape index (κ1) is 17.3. The van der Waals surface area contributed by atoms with Gasteiger partial charge in [-0.05, 0) is 56.8 Å². The summed E-state index contributed by atoms with van der Waals surface area (Å²) in [4.78, 5) is 18.4. The quantitative estimate of drug-likeness (QED) is 0.838. The maximum atomic E-state index is 11.9. The summed E-state index contributed by atoms with van der Waals surface area (Å²) in [6.45, 7) is 7.62. The van der Waals surface area contributed by atoms with Gasteiger partial charge in [0.2, 0.25) is 5.91 Å². The molecule has 1 N–H and O–H groups in total. The van der Waals surface area contributed by atoms with Crippen molar-refractivity contribution < 1.29 is 4.79 Å². The second-order valence-corrected chi connectivity index (χ2v) is 7.23. The average molecular weight is 321 g/mol. The lowest BCUT2D eigenvalue weighted by atomic mass is 9.97. The SMILES string of the molecule is CC(C)N1CCC[C@@H](CNC(=O)CSCc2ccncc2)C1. The van der Waals surface area contributed by atoms with Crippen molar-refractivity contribution in [3.63, 3.8) is 0 Å².